The molecule has 2 rings (SSSR count). The number of aromatic nitrogens is 2. The quantitative estimate of drug-likeness (QED) is 0.887. The van der Waals surface area contributed by atoms with Crippen molar-refractivity contribution in [2.75, 3.05) is 25.0 Å². The third-order valence-electron chi connectivity index (χ3n) is 2.96. The Balaban J connectivity index is 2.23. The van der Waals surface area contributed by atoms with Crippen molar-refractivity contribution in [1.29, 1.82) is 0 Å². The minimum atomic E-state index is -4.24. The highest BCUT2D eigenvalue weighted by molar-refractivity contribution is 7.15. The second-order valence-corrected chi connectivity index (χ2v) is 6.31. The maximum absolute atomic E-state index is 12.6. The molecule has 4 nitrogen and oxygen atoms in total. The lowest BCUT2D eigenvalue weighted by molar-refractivity contribution is -0.119. The molecule has 2 aromatic rings. The van der Waals surface area contributed by atoms with Crippen molar-refractivity contribution < 1.29 is 13.2 Å². The maximum Gasteiger partial charge on any atom is 0.405 e. The molecular formula is C13H19F3N4S. The van der Waals surface area contributed by atoms with Gasteiger partial charge in [0, 0.05) is 25.2 Å². The van der Waals surface area contributed by atoms with Gasteiger partial charge in [-0.1, -0.05) is 13.8 Å². The number of halogens is 3. The number of fused-ring (bicyclic) bond motifs is 1. The number of rotatable bonds is 6. The maximum atomic E-state index is 12.6. The molecule has 0 radical (unpaired) electrons. The van der Waals surface area contributed by atoms with Crippen LogP contribution in [0.2, 0.25) is 0 Å². The molecule has 0 amide bonds. The average molecular weight is 320 g/mol. The van der Waals surface area contributed by atoms with Crippen molar-refractivity contribution in [1.82, 2.24) is 14.7 Å². The van der Waals surface area contributed by atoms with Gasteiger partial charge in [-0.15, -0.1) is 11.3 Å². The average Bonchev–Trinajstić information content (AvgIpc) is 2.88. The number of anilines is 1. The molecule has 0 aliphatic rings. The van der Waals surface area contributed by atoms with Gasteiger partial charge in [-0.3, -0.25) is 4.40 Å². The summed E-state index contributed by atoms with van der Waals surface area (Å²) in [5, 5.41) is 5.14. The Hall–Kier alpha value is -1.28. The molecule has 0 bridgehead atoms. The molecule has 0 aliphatic heterocycles. The molecule has 2 heterocycles. The van der Waals surface area contributed by atoms with Crippen LogP contribution >= 0.6 is 11.3 Å². The molecule has 0 saturated heterocycles. The van der Waals surface area contributed by atoms with Crippen LogP contribution in [0.1, 0.15) is 19.5 Å². The van der Waals surface area contributed by atoms with Crippen LogP contribution in [0.3, 0.4) is 0 Å². The Labute approximate surface area is 125 Å². The molecule has 8 heteroatoms. The molecule has 0 spiro atoms. The van der Waals surface area contributed by atoms with Gasteiger partial charge in [0.2, 0.25) is 0 Å². The molecule has 2 aromatic heterocycles. The van der Waals surface area contributed by atoms with Gasteiger partial charge in [-0.2, -0.15) is 13.2 Å². The first-order chi connectivity index (χ1) is 9.78. The van der Waals surface area contributed by atoms with Gasteiger partial charge in [0.15, 0.2) is 10.8 Å². The fraction of sp³-hybridized carbons (Fsp3) is 0.615. The van der Waals surface area contributed by atoms with Crippen molar-refractivity contribution in [3.05, 3.63) is 17.3 Å². The zero-order valence-corrected chi connectivity index (χ0v) is 13.1. The summed E-state index contributed by atoms with van der Waals surface area (Å²) in [7, 11) is 1.42. The lowest BCUT2D eigenvalue weighted by Gasteiger charge is -2.20. The van der Waals surface area contributed by atoms with E-state index in [1.165, 1.54) is 18.4 Å². The van der Waals surface area contributed by atoms with E-state index in [2.05, 4.69) is 24.1 Å². The van der Waals surface area contributed by atoms with E-state index >= 15 is 0 Å². The second kappa shape index (κ2) is 6.23. The Morgan fingerprint density at radius 1 is 1.43 bits per heavy atom. The van der Waals surface area contributed by atoms with E-state index < -0.39 is 12.7 Å². The molecule has 0 saturated carbocycles. The number of imidazole rings is 1. The molecule has 0 aliphatic carbocycles. The normalized spacial score (nSPS) is 12.5. The highest BCUT2D eigenvalue weighted by atomic mass is 32.1. The van der Waals surface area contributed by atoms with Crippen LogP contribution in [0, 0.1) is 5.92 Å². The van der Waals surface area contributed by atoms with Crippen LogP contribution in [0.15, 0.2) is 11.6 Å². The van der Waals surface area contributed by atoms with Gasteiger partial charge in [0.1, 0.15) is 6.54 Å². The summed E-state index contributed by atoms with van der Waals surface area (Å²) in [4.78, 5) is 6.19. The number of hydrogen-bond acceptors (Lipinski definition) is 4. The Morgan fingerprint density at radius 2 is 2.14 bits per heavy atom. The first kappa shape index (κ1) is 16.1. The molecule has 1 N–H and O–H groups in total. The van der Waals surface area contributed by atoms with Crippen molar-refractivity contribution in [3.8, 4) is 0 Å². The van der Waals surface area contributed by atoms with E-state index in [-0.39, 0.29) is 0 Å². The zero-order valence-electron chi connectivity index (χ0n) is 12.2. The first-order valence-electron chi connectivity index (χ1n) is 6.71. The number of thiazole rings is 1. The van der Waals surface area contributed by atoms with E-state index in [1.807, 2.05) is 16.0 Å². The minimum absolute atomic E-state index is 0.385. The molecule has 0 unspecified atom stereocenters. The molecule has 21 heavy (non-hydrogen) atoms. The van der Waals surface area contributed by atoms with Crippen molar-refractivity contribution >= 4 is 22.1 Å². The van der Waals surface area contributed by atoms with Crippen LogP contribution < -0.4 is 10.2 Å². The summed E-state index contributed by atoms with van der Waals surface area (Å²) in [5.41, 5.74) is 0.763. The molecule has 0 atom stereocenters. The van der Waals surface area contributed by atoms with Crippen molar-refractivity contribution in [2.45, 2.75) is 26.6 Å². The highest BCUT2D eigenvalue weighted by Crippen LogP contribution is 2.26. The van der Waals surface area contributed by atoms with Crippen LogP contribution in [-0.2, 0) is 6.54 Å². The smallest absolute Gasteiger partial charge is 0.349 e. The third kappa shape index (κ3) is 4.10. The zero-order chi connectivity index (χ0) is 15.6. The van der Waals surface area contributed by atoms with E-state index in [1.54, 1.807) is 0 Å². The van der Waals surface area contributed by atoms with Crippen LogP contribution in [0.4, 0.5) is 19.0 Å². The monoisotopic (exact) mass is 320 g/mol. The van der Waals surface area contributed by atoms with Gasteiger partial charge < -0.3 is 10.2 Å². The second-order valence-electron chi connectivity index (χ2n) is 5.43. The standard InChI is InChI=1S/C13H19F3N4S/c1-9(2)6-17-7-10-11(19(3)8-13(14,15)16)18-12-20(10)4-5-21-12/h4-5,9,17H,6-8H2,1-3H3. The fourth-order valence-corrected chi connectivity index (χ4v) is 2.84. The topological polar surface area (TPSA) is 32.6 Å². The van der Waals surface area contributed by atoms with E-state index in [0.29, 0.717) is 23.2 Å². The van der Waals surface area contributed by atoms with Gasteiger partial charge >= 0.3 is 6.18 Å². The van der Waals surface area contributed by atoms with E-state index in [4.69, 9.17) is 0 Å². The Morgan fingerprint density at radius 3 is 2.76 bits per heavy atom. The number of nitrogens with zero attached hydrogens (tertiary/aromatic N) is 3. The van der Waals surface area contributed by atoms with Gasteiger partial charge in [-0.05, 0) is 12.5 Å². The lowest BCUT2D eigenvalue weighted by Crippen LogP contribution is -2.32. The highest BCUT2D eigenvalue weighted by Gasteiger charge is 2.31. The number of alkyl halides is 3. The first-order valence-corrected chi connectivity index (χ1v) is 7.59. The largest absolute Gasteiger partial charge is 0.405 e. The molecule has 0 aromatic carbocycles. The van der Waals surface area contributed by atoms with Crippen LogP contribution in [0.5, 0.6) is 0 Å². The summed E-state index contributed by atoms with van der Waals surface area (Å²) in [6.45, 7) is 4.46. The van der Waals surface area contributed by atoms with E-state index in [0.717, 1.165) is 17.1 Å². The summed E-state index contributed by atoms with van der Waals surface area (Å²) >= 11 is 1.41. The Bertz CT molecular complexity index is 588. The van der Waals surface area contributed by atoms with Crippen LogP contribution in [0.25, 0.3) is 4.96 Å². The summed E-state index contributed by atoms with van der Waals surface area (Å²) in [6.07, 6.45) is -2.40. The minimum Gasteiger partial charge on any atom is -0.349 e. The molecular weight excluding hydrogens is 301 g/mol. The van der Waals surface area contributed by atoms with Gasteiger partial charge in [0.05, 0.1) is 5.69 Å². The predicted octanol–water partition coefficient (Wildman–Crippen LogP) is 3.14. The van der Waals surface area contributed by atoms with Gasteiger partial charge in [-0.25, -0.2) is 4.98 Å². The summed E-state index contributed by atoms with van der Waals surface area (Å²) < 4.78 is 39.6. The van der Waals surface area contributed by atoms with Crippen molar-refractivity contribution in [3.63, 3.8) is 0 Å². The third-order valence-corrected chi connectivity index (χ3v) is 3.72. The Kier molecular flexibility index (Phi) is 4.77. The summed E-state index contributed by atoms with van der Waals surface area (Å²) in [5.74, 6) is 0.864. The summed E-state index contributed by atoms with van der Waals surface area (Å²) in [6, 6.07) is 0. The lowest BCUT2D eigenvalue weighted by atomic mass is 10.2. The number of nitrogens with one attached hydrogen (secondary N) is 1. The molecule has 0 fully saturated rings. The van der Waals surface area contributed by atoms with E-state index in [9.17, 15) is 13.2 Å². The van der Waals surface area contributed by atoms with Crippen molar-refractivity contribution in [2.24, 2.45) is 5.92 Å². The fourth-order valence-electron chi connectivity index (χ4n) is 2.11. The van der Waals surface area contributed by atoms with Gasteiger partial charge in [0.25, 0.3) is 0 Å². The molecule has 118 valence electrons. The predicted molar refractivity (Wildman–Crippen MR) is 78.9 cm³/mol. The number of hydrogen-bond donors (Lipinski definition) is 1. The SMILES string of the molecule is CC(C)CNCc1c(N(C)CC(F)(F)F)nc2sccn12. The van der Waals surface area contributed by atoms with Crippen LogP contribution in [-0.4, -0.2) is 35.7 Å².